The van der Waals surface area contributed by atoms with Crippen LogP contribution in [0.1, 0.15) is 225 Å². The molecule has 3 rings (SSSR count). The van der Waals surface area contributed by atoms with Crippen LogP contribution in [0.3, 0.4) is 0 Å². The van der Waals surface area contributed by atoms with Crippen LogP contribution in [0.4, 0.5) is 36.4 Å². The molecule has 3 aromatic rings. The molecule has 0 fully saturated rings. The Bertz CT molecular complexity index is 1650. The van der Waals surface area contributed by atoms with E-state index in [-0.39, 0.29) is 0 Å². The van der Waals surface area contributed by atoms with Gasteiger partial charge in [-0.1, -0.05) is 225 Å². The van der Waals surface area contributed by atoms with Crippen LogP contribution >= 0.6 is 0 Å². The lowest BCUT2D eigenvalue weighted by Crippen LogP contribution is -2.26. The predicted molar refractivity (Wildman–Crippen MR) is 257 cm³/mol. The Morgan fingerprint density at radius 3 is 1.02 bits per heavy atom. The van der Waals surface area contributed by atoms with E-state index in [1.807, 2.05) is 0 Å². The van der Waals surface area contributed by atoms with Gasteiger partial charge >= 0.3 is 7.32 Å². The number of aryl methyl sites for hydroxylation is 1. The fourth-order valence-corrected chi connectivity index (χ4v) is 8.66. The molecule has 0 radical (unpaired) electrons. The van der Waals surface area contributed by atoms with Crippen molar-refractivity contribution in [2.24, 2.45) is 0 Å². The summed E-state index contributed by atoms with van der Waals surface area (Å²) in [7, 11) is -2.84. The molecular formula is C53H83BF7NO3. The molecule has 2 N–H and O–H groups in total. The van der Waals surface area contributed by atoms with Gasteiger partial charge in [-0.25, -0.2) is 26.3 Å². The molecule has 0 amide bonds. The fourth-order valence-electron chi connectivity index (χ4n) is 8.66. The van der Waals surface area contributed by atoms with Crippen LogP contribution < -0.4 is 9.55 Å². The van der Waals surface area contributed by atoms with Crippen LogP contribution in [0.2, 0.25) is 0 Å². The number of nitrogens with zero attached hydrogens (tertiary/aromatic N) is 1. The topological polar surface area (TPSA) is 52.9 Å². The van der Waals surface area contributed by atoms with Crippen molar-refractivity contribution in [1.29, 1.82) is 0 Å². The van der Waals surface area contributed by atoms with Crippen molar-refractivity contribution in [3.05, 3.63) is 70.5 Å². The third-order valence-electron chi connectivity index (χ3n) is 12.5. The van der Waals surface area contributed by atoms with Gasteiger partial charge < -0.3 is 19.6 Å². The number of unbranched alkanes of at least 4 members (excludes halogenated alkanes) is 30. The molecular weight excluding hydrogens is 842 g/mol. The van der Waals surface area contributed by atoms with E-state index in [2.05, 4.69) is 54.6 Å². The summed E-state index contributed by atoms with van der Waals surface area (Å²) in [6, 6.07) is 9.08. The van der Waals surface area contributed by atoms with Gasteiger partial charge in [0.1, 0.15) is 0 Å². The summed E-state index contributed by atoms with van der Waals surface area (Å²) < 4.78 is 97.1. The van der Waals surface area contributed by atoms with Crippen LogP contribution in [0, 0.1) is 47.6 Å². The SMILES string of the molecule is CCCCCCCCCCCCCCCCCCN(CCCCCCCCCCCCCCCCCC)c1ccccc1C.OB(O)Oc1c(F)c(F)c(F)c2c(F)c(F)c(F)c(F)c12. The monoisotopic (exact) mass is 926 g/mol. The summed E-state index contributed by atoms with van der Waals surface area (Å²) in [6.07, 6.45) is 46.2. The standard InChI is InChI=1S/C43H81N.C10H2BF7O3/c1-4-6-8-10-12-14-16-18-20-22-24-26-28-30-32-36-40-44(43-39-35-34-38-42(43)3)41-37-33-31-29-27-25-23-21-19-17-15-13-11-9-7-5-2;12-3-1-2(5(14)7(16)6(3)15)10(21-11(19)20)9(18)8(17)4(1)13/h34-35,38-39H,4-33,36-37,40-41H2,1-3H3;19-20H. The van der Waals surface area contributed by atoms with Crippen LogP contribution in [0.15, 0.2) is 24.3 Å². The van der Waals surface area contributed by atoms with E-state index in [9.17, 15) is 30.7 Å². The van der Waals surface area contributed by atoms with Crippen LogP contribution in [0.25, 0.3) is 10.8 Å². The highest BCUT2D eigenvalue weighted by Gasteiger charge is 2.32. The van der Waals surface area contributed by atoms with E-state index in [0.29, 0.717) is 0 Å². The van der Waals surface area contributed by atoms with Crippen molar-refractivity contribution in [2.75, 3.05) is 18.0 Å². The van der Waals surface area contributed by atoms with Gasteiger partial charge in [0, 0.05) is 18.8 Å². The first kappa shape index (κ1) is 58.1. The number of hydrogen-bond acceptors (Lipinski definition) is 4. The molecule has 0 aliphatic carbocycles. The highest BCUT2D eigenvalue weighted by molar-refractivity contribution is 6.34. The van der Waals surface area contributed by atoms with Gasteiger partial charge in [0.05, 0.1) is 10.8 Å². The first-order chi connectivity index (χ1) is 31.5. The number of fused-ring (bicyclic) bond motifs is 1. The van der Waals surface area contributed by atoms with E-state index in [4.69, 9.17) is 10.0 Å². The minimum atomic E-state index is -2.84. The molecule has 0 atom stereocenters. The maximum Gasteiger partial charge on any atom is 0.707 e. The van der Waals surface area contributed by atoms with Gasteiger partial charge in [-0.3, -0.25) is 0 Å². The van der Waals surface area contributed by atoms with Crippen molar-refractivity contribution < 1.29 is 45.4 Å². The highest BCUT2D eigenvalue weighted by atomic mass is 19.2. The number of halogens is 7. The van der Waals surface area contributed by atoms with Crippen LogP contribution in [-0.2, 0) is 0 Å². The molecule has 12 heteroatoms. The Balaban J connectivity index is 0.000000571. The third kappa shape index (κ3) is 23.1. The zero-order valence-electron chi connectivity index (χ0n) is 40.3. The third-order valence-corrected chi connectivity index (χ3v) is 12.5. The minimum Gasteiger partial charge on any atom is -0.509 e. The van der Waals surface area contributed by atoms with E-state index in [1.165, 1.54) is 230 Å². The number of anilines is 1. The molecule has 0 saturated carbocycles. The molecule has 0 aromatic heterocycles. The number of para-hydroxylation sites is 1. The first-order valence-electron chi connectivity index (χ1n) is 25.6. The number of rotatable bonds is 37. The molecule has 0 bridgehead atoms. The Hall–Kier alpha value is -2.99. The molecule has 370 valence electrons. The van der Waals surface area contributed by atoms with Gasteiger partial charge in [-0.15, -0.1) is 0 Å². The smallest absolute Gasteiger partial charge is 0.509 e. The Morgan fingerprint density at radius 2 is 0.692 bits per heavy atom. The quantitative estimate of drug-likeness (QED) is 0.0199. The molecule has 0 spiro atoms. The van der Waals surface area contributed by atoms with Gasteiger partial charge in [-0.05, 0) is 31.4 Å². The van der Waals surface area contributed by atoms with Crippen LogP contribution in [-0.4, -0.2) is 30.5 Å². The average Bonchev–Trinajstić information content (AvgIpc) is 3.29. The summed E-state index contributed by atoms with van der Waals surface area (Å²) >= 11 is 0. The summed E-state index contributed by atoms with van der Waals surface area (Å²) in [5.41, 5.74) is 2.93. The summed E-state index contributed by atoms with van der Waals surface area (Å²) in [5, 5.41) is 13.6. The molecule has 65 heavy (non-hydrogen) atoms. The Morgan fingerprint density at radius 1 is 0.400 bits per heavy atom. The highest BCUT2D eigenvalue weighted by Crippen LogP contribution is 2.39. The Kier molecular flexibility index (Phi) is 32.3. The lowest BCUT2D eigenvalue weighted by molar-refractivity contribution is 0.279. The van der Waals surface area contributed by atoms with Crippen molar-refractivity contribution in [2.45, 2.75) is 226 Å². The van der Waals surface area contributed by atoms with Gasteiger partial charge in [0.15, 0.2) is 40.7 Å². The Labute approximate surface area is 388 Å². The summed E-state index contributed by atoms with van der Waals surface area (Å²) in [5.74, 6) is -18.3. The largest absolute Gasteiger partial charge is 0.707 e. The van der Waals surface area contributed by atoms with E-state index < -0.39 is 64.6 Å². The molecule has 0 heterocycles. The fraction of sp³-hybridized carbons (Fsp3) is 0.698. The van der Waals surface area contributed by atoms with Crippen LogP contribution in [0.5, 0.6) is 5.75 Å². The molecule has 0 unspecified atom stereocenters. The number of benzene rings is 3. The summed E-state index contributed by atoms with van der Waals surface area (Å²) in [6.45, 7) is 9.39. The van der Waals surface area contributed by atoms with Gasteiger partial charge in [0.25, 0.3) is 0 Å². The zero-order chi connectivity index (χ0) is 47.7. The molecule has 0 aliphatic rings. The second kappa shape index (κ2) is 36.1. The van der Waals surface area contributed by atoms with Gasteiger partial charge in [0.2, 0.25) is 5.82 Å². The first-order valence-corrected chi connectivity index (χ1v) is 25.6. The average molecular weight is 926 g/mol. The van der Waals surface area contributed by atoms with Crippen molar-refractivity contribution in [1.82, 2.24) is 0 Å². The summed E-state index contributed by atoms with van der Waals surface area (Å²) in [4.78, 5) is 2.71. The van der Waals surface area contributed by atoms with Crippen molar-refractivity contribution in [3.8, 4) is 5.75 Å². The second-order valence-corrected chi connectivity index (χ2v) is 18.1. The normalized spacial score (nSPS) is 11.3. The molecule has 4 nitrogen and oxygen atoms in total. The van der Waals surface area contributed by atoms with E-state index in [1.54, 1.807) is 0 Å². The second-order valence-electron chi connectivity index (χ2n) is 18.1. The predicted octanol–water partition coefficient (Wildman–Crippen LogP) is 17.5. The molecule has 3 aromatic carbocycles. The molecule has 0 saturated heterocycles. The van der Waals surface area contributed by atoms with Crippen molar-refractivity contribution in [3.63, 3.8) is 0 Å². The maximum atomic E-state index is 13.6. The zero-order valence-corrected chi connectivity index (χ0v) is 40.3. The van der Waals surface area contributed by atoms with Gasteiger partial charge in [-0.2, -0.15) is 4.39 Å². The molecule has 0 aliphatic heterocycles. The maximum absolute atomic E-state index is 13.6. The van der Waals surface area contributed by atoms with E-state index in [0.717, 1.165) is 0 Å². The van der Waals surface area contributed by atoms with E-state index >= 15 is 0 Å². The van der Waals surface area contributed by atoms with Crippen molar-refractivity contribution >= 4 is 23.8 Å². The lowest BCUT2D eigenvalue weighted by atomic mass is 10.0. The number of hydrogen-bond donors (Lipinski definition) is 2. The minimum absolute atomic E-state index is 1.24. The lowest BCUT2D eigenvalue weighted by Gasteiger charge is -2.26.